The van der Waals surface area contributed by atoms with Gasteiger partial charge in [0.25, 0.3) is 0 Å². The van der Waals surface area contributed by atoms with Crippen LogP contribution in [0.5, 0.6) is 5.88 Å². The first-order chi connectivity index (χ1) is 15.7. The lowest BCUT2D eigenvalue weighted by Gasteiger charge is -2.13. The van der Waals surface area contributed by atoms with Gasteiger partial charge < -0.3 is 9.47 Å². The number of benzene rings is 1. The first-order valence-electron chi connectivity index (χ1n) is 10.9. The molecule has 1 saturated carbocycles. The van der Waals surface area contributed by atoms with Crippen molar-refractivity contribution in [1.82, 2.24) is 24.1 Å². The zero-order valence-corrected chi connectivity index (χ0v) is 18.2. The highest BCUT2D eigenvalue weighted by atomic mass is 35.5. The molecule has 1 aromatic carbocycles. The number of aromatic nitrogens is 5. The summed E-state index contributed by atoms with van der Waals surface area (Å²) < 4.78 is 15.1. The molecule has 1 saturated heterocycles. The third-order valence-electron chi connectivity index (χ3n) is 6.15. The molecule has 4 heterocycles. The van der Waals surface area contributed by atoms with Crippen LogP contribution >= 0.6 is 11.6 Å². The second-order valence-corrected chi connectivity index (χ2v) is 8.86. The number of rotatable bonds is 6. The third kappa shape index (κ3) is 3.43. The molecule has 32 heavy (non-hydrogen) atoms. The van der Waals surface area contributed by atoms with Crippen molar-refractivity contribution in [2.75, 3.05) is 19.8 Å². The molecule has 1 unspecified atom stereocenters. The van der Waals surface area contributed by atoms with Gasteiger partial charge in [0, 0.05) is 24.8 Å². The molecule has 3 aromatic heterocycles. The van der Waals surface area contributed by atoms with Gasteiger partial charge in [-0.15, -0.1) is 0 Å². The Kier molecular flexibility index (Phi) is 4.84. The summed E-state index contributed by atoms with van der Waals surface area (Å²) in [6, 6.07) is 7.71. The summed E-state index contributed by atoms with van der Waals surface area (Å²) in [7, 11) is 0. The smallest absolute Gasteiger partial charge is 0.329 e. The Balaban J connectivity index is 1.42. The summed E-state index contributed by atoms with van der Waals surface area (Å²) in [5.41, 5.74) is 2.22. The SMILES string of the molecule is O=c1n(Cc2nc(OCC3CCOC3)c3cccc(Cl)c3n2)c2cnccc2n1C1CC1. The van der Waals surface area contributed by atoms with Crippen molar-refractivity contribution < 1.29 is 9.47 Å². The number of hydrogen-bond donors (Lipinski definition) is 0. The molecule has 164 valence electrons. The predicted molar refractivity (Wildman–Crippen MR) is 120 cm³/mol. The highest BCUT2D eigenvalue weighted by molar-refractivity contribution is 6.35. The van der Waals surface area contributed by atoms with Crippen LogP contribution in [0.3, 0.4) is 0 Å². The van der Waals surface area contributed by atoms with Crippen molar-refractivity contribution in [3.8, 4) is 5.88 Å². The topological polar surface area (TPSA) is 84.1 Å². The summed E-state index contributed by atoms with van der Waals surface area (Å²) in [6.07, 6.45) is 6.45. The van der Waals surface area contributed by atoms with Gasteiger partial charge in [0.15, 0.2) is 5.82 Å². The third-order valence-corrected chi connectivity index (χ3v) is 6.45. The zero-order valence-electron chi connectivity index (χ0n) is 17.4. The minimum atomic E-state index is -0.0658. The lowest BCUT2D eigenvalue weighted by molar-refractivity contribution is 0.166. The van der Waals surface area contributed by atoms with Crippen molar-refractivity contribution in [3.05, 3.63) is 58.0 Å². The van der Waals surface area contributed by atoms with Gasteiger partial charge in [-0.2, -0.15) is 4.98 Å². The summed E-state index contributed by atoms with van der Waals surface area (Å²) in [4.78, 5) is 26.9. The van der Waals surface area contributed by atoms with Gasteiger partial charge in [-0.25, -0.2) is 9.78 Å². The highest BCUT2D eigenvalue weighted by Gasteiger charge is 2.29. The van der Waals surface area contributed by atoms with E-state index in [0.717, 1.165) is 42.3 Å². The lowest BCUT2D eigenvalue weighted by Crippen LogP contribution is -2.25. The van der Waals surface area contributed by atoms with Crippen molar-refractivity contribution in [2.24, 2.45) is 5.92 Å². The Labute approximate surface area is 188 Å². The van der Waals surface area contributed by atoms with Crippen molar-refractivity contribution in [2.45, 2.75) is 31.8 Å². The first-order valence-corrected chi connectivity index (χ1v) is 11.3. The molecular weight excluding hydrogens is 430 g/mol. The van der Waals surface area contributed by atoms with Gasteiger partial charge in [-0.05, 0) is 37.5 Å². The largest absolute Gasteiger partial charge is 0.477 e. The number of halogens is 1. The Morgan fingerprint density at radius 3 is 2.88 bits per heavy atom. The quantitative estimate of drug-likeness (QED) is 0.445. The number of fused-ring (bicyclic) bond motifs is 2. The van der Waals surface area contributed by atoms with Gasteiger partial charge in [-0.3, -0.25) is 14.1 Å². The van der Waals surface area contributed by atoms with Gasteiger partial charge in [0.2, 0.25) is 5.88 Å². The summed E-state index contributed by atoms with van der Waals surface area (Å²) in [5, 5.41) is 1.28. The van der Waals surface area contributed by atoms with E-state index >= 15 is 0 Å². The van der Waals surface area contributed by atoms with E-state index in [1.807, 2.05) is 22.8 Å². The second-order valence-electron chi connectivity index (χ2n) is 8.46. The van der Waals surface area contributed by atoms with Crippen LogP contribution in [0.2, 0.25) is 5.02 Å². The van der Waals surface area contributed by atoms with Gasteiger partial charge in [-0.1, -0.05) is 17.7 Å². The Morgan fingerprint density at radius 1 is 1.16 bits per heavy atom. The van der Waals surface area contributed by atoms with E-state index in [1.54, 1.807) is 23.0 Å². The summed E-state index contributed by atoms with van der Waals surface area (Å²) in [6.45, 7) is 2.19. The van der Waals surface area contributed by atoms with E-state index in [0.29, 0.717) is 41.4 Å². The number of ether oxygens (including phenoxy) is 2. The van der Waals surface area contributed by atoms with E-state index in [-0.39, 0.29) is 18.3 Å². The van der Waals surface area contributed by atoms with Crippen molar-refractivity contribution in [3.63, 3.8) is 0 Å². The minimum Gasteiger partial charge on any atom is -0.477 e. The van der Waals surface area contributed by atoms with Crippen LogP contribution in [0.25, 0.3) is 21.9 Å². The fraction of sp³-hybridized carbons (Fsp3) is 0.391. The zero-order chi connectivity index (χ0) is 21.7. The van der Waals surface area contributed by atoms with Crippen LogP contribution in [0.15, 0.2) is 41.5 Å². The monoisotopic (exact) mass is 451 g/mol. The van der Waals surface area contributed by atoms with Gasteiger partial charge >= 0.3 is 5.69 Å². The fourth-order valence-electron chi connectivity index (χ4n) is 4.33. The van der Waals surface area contributed by atoms with Crippen LogP contribution in [-0.2, 0) is 11.3 Å². The molecule has 2 fully saturated rings. The number of para-hydroxylation sites is 1. The Hall–Kier alpha value is -2.97. The molecule has 9 heteroatoms. The molecule has 1 aliphatic carbocycles. The summed E-state index contributed by atoms with van der Waals surface area (Å²) in [5.74, 6) is 1.30. The van der Waals surface area contributed by atoms with Crippen molar-refractivity contribution in [1.29, 1.82) is 0 Å². The Morgan fingerprint density at radius 2 is 2.06 bits per heavy atom. The average Bonchev–Trinajstić information content (AvgIpc) is 3.42. The maximum atomic E-state index is 13.3. The van der Waals surface area contributed by atoms with E-state index in [2.05, 4.69) is 4.98 Å². The number of pyridine rings is 1. The predicted octanol–water partition coefficient (Wildman–Crippen LogP) is 3.59. The van der Waals surface area contributed by atoms with E-state index in [9.17, 15) is 4.79 Å². The first kappa shape index (κ1) is 19.7. The van der Waals surface area contributed by atoms with Crippen LogP contribution in [0.4, 0.5) is 0 Å². The van der Waals surface area contributed by atoms with Gasteiger partial charge in [0.05, 0.1) is 52.9 Å². The number of nitrogens with zero attached hydrogens (tertiary/aromatic N) is 5. The fourth-order valence-corrected chi connectivity index (χ4v) is 4.55. The van der Waals surface area contributed by atoms with E-state index in [4.69, 9.17) is 31.0 Å². The molecule has 0 N–H and O–H groups in total. The highest BCUT2D eigenvalue weighted by Crippen LogP contribution is 2.36. The van der Waals surface area contributed by atoms with Crippen LogP contribution in [0, 0.1) is 5.92 Å². The standard InChI is InChI=1S/C23H22ClN5O3/c24-17-3-1-2-16-21(17)26-20(27-22(16)32-13-14-7-9-31-12-14)11-28-19-10-25-8-6-18(19)29(23(28)30)15-4-5-15/h1-3,6,8,10,14-15H,4-5,7,9,11-13H2. The molecule has 6 rings (SSSR count). The normalized spacial score (nSPS) is 18.6. The average molecular weight is 452 g/mol. The number of hydrogen-bond acceptors (Lipinski definition) is 6. The van der Waals surface area contributed by atoms with Crippen LogP contribution in [0.1, 0.15) is 31.1 Å². The molecule has 4 aromatic rings. The molecule has 2 aliphatic rings. The molecule has 1 aliphatic heterocycles. The van der Waals surface area contributed by atoms with E-state index < -0.39 is 0 Å². The lowest BCUT2D eigenvalue weighted by atomic mass is 10.1. The maximum Gasteiger partial charge on any atom is 0.329 e. The molecule has 0 bridgehead atoms. The molecule has 0 radical (unpaired) electrons. The van der Waals surface area contributed by atoms with Crippen molar-refractivity contribution >= 4 is 33.5 Å². The summed E-state index contributed by atoms with van der Waals surface area (Å²) >= 11 is 6.46. The number of imidazole rings is 1. The van der Waals surface area contributed by atoms with Crippen LogP contribution in [-0.4, -0.2) is 43.9 Å². The molecule has 0 spiro atoms. The molecule has 1 atom stereocenters. The molecule has 0 amide bonds. The van der Waals surface area contributed by atoms with E-state index in [1.165, 1.54) is 0 Å². The Bertz CT molecular complexity index is 1370. The molecular formula is C23H22ClN5O3. The molecule has 8 nitrogen and oxygen atoms in total. The van der Waals surface area contributed by atoms with Crippen LogP contribution < -0.4 is 10.4 Å². The second kappa shape index (κ2) is 7.86. The maximum absolute atomic E-state index is 13.3. The van der Waals surface area contributed by atoms with Gasteiger partial charge in [0.1, 0.15) is 0 Å². The minimum absolute atomic E-state index is 0.0658.